The fraction of sp³-hybridized carbons (Fsp3) is 0.533. The number of likely N-dealkylation sites (tertiary alicyclic amines) is 1. The molecule has 0 spiro atoms. The summed E-state index contributed by atoms with van der Waals surface area (Å²) >= 11 is 0. The van der Waals surface area contributed by atoms with Crippen molar-refractivity contribution < 1.29 is 0 Å². The molecular weight excluding hydrogens is 222 g/mol. The predicted octanol–water partition coefficient (Wildman–Crippen LogP) is 1.77. The Balaban J connectivity index is 1.71. The SMILES string of the molecule is CC(c1ccc(C#N)cc1)N1C[C@H]2CNC[C@H]2C1. The maximum Gasteiger partial charge on any atom is 0.0991 e. The van der Waals surface area contributed by atoms with Gasteiger partial charge in [0.05, 0.1) is 11.6 Å². The summed E-state index contributed by atoms with van der Waals surface area (Å²) in [5, 5.41) is 12.3. The molecule has 1 aromatic rings. The Labute approximate surface area is 108 Å². The average molecular weight is 241 g/mol. The molecule has 1 N–H and O–H groups in total. The van der Waals surface area contributed by atoms with Crippen LogP contribution in [0.25, 0.3) is 0 Å². The summed E-state index contributed by atoms with van der Waals surface area (Å²) in [6.07, 6.45) is 0. The topological polar surface area (TPSA) is 39.1 Å². The van der Waals surface area contributed by atoms with E-state index >= 15 is 0 Å². The van der Waals surface area contributed by atoms with E-state index in [1.807, 2.05) is 12.1 Å². The van der Waals surface area contributed by atoms with Crippen LogP contribution in [0.15, 0.2) is 24.3 Å². The van der Waals surface area contributed by atoms with Crippen molar-refractivity contribution >= 4 is 0 Å². The zero-order valence-electron chi connectivity index (χ0n) is 10.8. The first-order chi connectivity index (χ1) is 8.78. The molecule has 1 aromatic carbocycles. The summed E-state index contributed by atoms with van der Waals surface area (Å²) in [6, 6.07) is 10.7. The first-order valence-electron chi connectivity index (χ1n) is 6.73. The van der Waals surface area contributed by atoms with Gasteiger partial charge in [0, 0.05) is 19.1 Å². The van der Waals surface area contributed by atoms with Gasteiger partial charge < -0.3 is 5.32 Å². The Bertz CT molecular complexity index is 448. The van der Waals surface area contributed by atoms with Gasteiger partial charge in [0.15, 0.2) is 0 Å². The van der Waals surface area contributed by atoms with Crippen LogP contribution >= 0.6 is 0 Å². The van der Waals surface area contributed by atoms with E-state index in [0.29, 0.717) is 6.04 Å². The zero-order valence-corrected chi connectivity index (χ0v) is 10.8. The van der Waals surface area contributed by atoms with Crippen molar-refractivity contribution in [3.8, 4) is 6.07 Å². The maximum atomic E-state index is 8.82. The minimum absolute atomic E-state index is 0.461. The van der Waals surface area contributed by atoms with Gasteiger partial charge in [0.2, 0.25) is 0 Å². The second kappa shape index (κ2) is 4.72. The third-order valence-corrected chi connectivity index (χ3v) is 4.49. The molecule has 2 fully saturated rings. The molecule has 2 aliphatic heterocycles. The highest BCUT2D eigenvalue weighted by Crippen LogP contribution is 2.32. The molecule has 3 heteroatoms. The van der Waals surface area contributed by atoms with E-state index in [0.717, 1.165) is 17.4 Å². The van der Waals surface area contributed by atoms with E-state index in [1.165, 1.54) is 31.7 Å². The molecule has 1 unspecified atom stereocenters. The second-order valence-electron chi connectivity index (χ2n) is 5.54. The highest BCUT2D eigenvalue weighted by molar-refractivity contribution is 5.32. The molecule has 0 aromatic heterocycles. The fourth-order valence-corrected chi connectivity index (χ4v) is 3.25. The van der Waals surface area contributed by atoms with Crippen molar-refractivity contribution in [2.24, 2.45) is 11.8 Å². The number of nitriles is 1. The Kier molecular flexibility index (Phi) is 3.07. The van der Waals surface area contributed by atoms with E-state index in [-0.39, 0.29) is 0 Å². The van der Waals surface area contributed by atoms with E-state index < -0.39 is 0 Å². The molecule has 94 valence electrons. The maximum absolute atomic E-state index is 8.82. The van der Waals surface area contributed by atoms with Crippen LogP contribution in [0.2, 0.25) is 0 Å². The number of fused-ring (bicyclic) bond motifs is 1. The molecule has 0 saturated carbocycles. The van der Waals surface area contributed by atoms with Gasteiger partial charge in [-0.3, -0.25) is 4.90 Å². The minimum Gasteiger partial charge on any atom is -0.316 e. The van der Waals surface area contributed by atoms with Gasteiger partial charge >= 0.3 is 0 Å². The number of nitrogens with zero attached hydrogens (tertiary/aromatic N) is 2. The molecule has 2 aliphatic rings. The fourth-order valence-electron chi connectivity index (χ4n) is 3.25. The molecule has 0 aliphatic carbocycles. The van der Waals surface area contributed by atoms with Gasteiger partial charge in [0.25, 0.3) is 0 Å². The number of hydrogen-bond acceptors (Lipinski definition) is 3. The van der Waals surface area contributed by atoms with Crippen LogP contribution in [0.5, 0.6) is 0 Å². The molecule has 3 nitrogen and oxygen atoms in total. The Morgan fingerprint density at radius 2 is 1.83 bits per heavy atom. The summed E-state index contributed by atoms with van der Waals surface area (Å²) in [4.78, 5) is 2.58. The average Bonchev–Trinajstić information content (AvgIpc) is 2.99. The first-order valence-corrected chi connectivity index (χ1v) is 6.73. The van der Waals surface area contributed by atoms with Crippen LogP contribution in [-0.2, 0) is 0 Å². The third-order valence-electron chi connectivity index (χ3n) is 4.49. The largest absolute Gasteiger partial charge is 0.316 e. The van der Waals surface area contributed by atoms with Gasteiger partial charge in [-0.15, -0.1) is 0 Å². The van der Waals surface area contributed by atoms with Crippen LogP contribution in [0.1, 0.15) is 24.1 Å². The van der Waals surface area contributed by atoms with Crippen LogP contribution in [-0.4, -0.2) is 31.1 Å². The summed E-state index contributed by atoms with van der Waals surface area (Å²) < 4.78 is 0. The van der Waals surface area contributed by atoms with Gasteiger partial charge in [0.1, 0.15) is 0 Å². The number of hydrogen-bond donors (Lipinski definition) is 1. The van der Waals surface area contributed by atoms with Crippen molar-refractivity contribution in [1.82, 2.24) is 10.2 Å². The quantitative estimate of drug-likeness (QED) is 0.857. The molecule has 3 rings (SSSR count). The molecule has 0 radical (unpaired) electrons. The summed E-state index contributed by atoms with van der Waals surface area (Å²) in [6.45, 7) is 7.05. The lowest BCUT2D eigenvalue weighted by molar-refractivity contribution is 0.244. The van der Waals surface area contributed by atoms with Gasteiger partial charge in [-0.25, -0.2) is 0 Å². The Morgan fingerprint density at radius 1 is 1.22 bits per heavy atom. The monoisotopic (exact) mass is 241 g/mol. The molecular formula is C15H19N3. The van der Waals surface area contributed by atoms with Gasteiger partial charge in [-0.1, -0.05) is 12.1 Å². The number of nitrogens with one attached hydrogen (secondary N) is 1. The highest BCUT2D eigenvalue weighted by Gasteiger charge is 2.37. The Hall–Kier alpha value is -1.37. The molecule has 3 atom stereocenters. The van der Waals surface area contributed by atoms with Crippen LogP contribution < -0.4 is 5.32 Å². The Morgan fingerprint density at radius 3 is 2.39 bits per heavy atom. The molecule has 0 amide bonds. The van der Waals surface area contributed by atoms with Crippen molar-refractivity contribution in [2.45, 2.75) is 13.0 Å². The molecule has 2 heterocycles. The van der Waals surface area contributed by atoms with Crippen LogP contribution in [0.3, 0.4) is 0 Å². The van der Waals surface area contributed by atoms with Gasteiger partial charge in [-0.2, -0.15) is 5.26 Å². The zero-order chi connectivity index (χ0) is 12.5. The highest BCUT2D eigenvalue weighted by atomic mass is 15.2. The smallest absolute Gasteiger partial charge is 0.0991 e. The summed E-state index contributed by atoms with van der Waals surface area (Å²) in [5.74, 6) is 1.68. The lowest BCUT2D eigenvalue weighted by Gasteiger charge is -2.25. The summed E-state index contributed by atoms with van der Waals surface area (Å²) in [7, 11) is 0. The van der Waals surface area contributed by atoms with E-state index in [4.69, 9.17) is 5.26 Å². The lowest BCUT2D eigenvalue weighted by atomic mass is 10.0. The predicted molar refractivity (Wildman–Crippen MR) is 71.0 cm³/mol. The van der Waals surface area contributed by atoms with E-state index in [2.05, 4.69) is 35.3 Å². The van der Waals surface area contributed by atoms with Crippen LogP contribution in [0.4, 0.5) is 0 Å². The van der Waals surface area contributed by atoms with Crippen molar-refractivity contribution in [1.29, 1.82) is 5.26 Å². The third kappa shape index (κ3) is 2.03. The van der Waals surface area contributed by atoms with Crippen LogP contribution in [0, 0.1) is 23.2 Å². The molecule has 2 saturated heterocycles. The number of rotatable bonds is 2. The summed E-state index contributed by atoms with van der Waals surface area (Å²) in [5.41, 5.74) is 2.07. The molecule has 0 bridgehead atoms. The van der Waals surface area contributed by atoms with Crippen molar-refractivity contribution in [3.05, 3.63) is 35.4 Å². The van der Waals surface area contributed by atoms with Crippen molar-refractivity contribution in [2.75, 3.05) is 26.2 Å². The van der Waals surface area contributed by atoms with Gasteiger partial charge in [-0.05, 0) is 49.5 Å². The van der Waals surface area contributed by atoms with E-state index in [9.17, 15) is 0 Å². The van der Waals surface area contributed by atoms with E-state index in [1.54, 1.807) is 0 Å². The first kappa shape index (κ1) is 11.7. The lowest BCUT2D eigenvalue weighted by Crippen LogP contribution is -2.28. The standard InChI is InChI=1S/C15H19N3/c1-11(13-4-2-12(6-16)3-5-13)18-9-14-7-17-8-15(14)10-18/h2-5,11,14-15,17H,7-10H2,1H3/t11?,14-,15+. The van der Waals surface area contributed by atoms with Crippen molar-refractivity contribution in [3.63, 3.8) is 0 Å². The molecule has 18 heavy (non-hydrogen) atoms. The second-order valence-corrected chi connectivity index (χ2v) is 5.54. The normalized spacial score (nSPS) is 28.9. The minimum atomic E-state index is 0.461. The number of benzene rings is 1.